The van der Waals surface area contributed by atoms with Crippen molar-refractivity contribution >= 4 is 17.4 Å². The molecule has 0 aliphatic heterocycles. The topological polar surface area (TPSA) is 168 Å². The van der Waals surface area contributed by atoms with E-state index < -0.39 is 23.1 Å². The van der Waals surface area contributed by atoms with Crippen molar-refractivity contribution in [1.82, 2.24) is 29.5 Å². The fourth-order valence-electron chi connectivity index (χ4n) is 4.15. The summed E-state index contributed by atoms with van der Waals surface area (Å²) >= 11 is 0. The lowest BCUT2D eigenvalue weighted by Crippen LogP contribution is -2.37. The number of nitrogen functional groups attached to an aromatic ring is 1. The van der Waals surface area contributed by atoms with Crippen LogP contribution in [0.5, 0.6) is 0 Å². The first-order valence-corrected chi connectivity index (χ1v) is 12.2. The number of nitrogens with two attached hydrogens (primary N) is 2. The summed E-state index contributed by atoms with van der Waals surface area (Å²) in [7, 11) is 0. The molecule has 11 nitrogen and oxygen atoms in total. The second-order valence-corrected chi connectivity index (χ2v) is 9.06. The number of aromatic nitrogens is 6. The highest BCUT2D eigenvalue weighted by Crippen LogP contribution is 2.28. The van der Waals surface area contributed by atoms with Crippen LogP contribution in [0, 0.1) is 11.6 Å². The number of amides is 1. The first kappa shape index (κ1) is 28.7. The number of carbonyl (C=O) groups is 2. The van der Waals surface area contributed by atoms with Gasteiger partial charge in [0.1, 0.15) is 42.5 Å². The van der Waals surface area contributed by atoms with E-state index in [9.17, 15) is 23.5 Å². The highest BCUT2D eigenvalue weighted by Gasteiger charge is 2.34. The van der Waals surface area contributed by atoms with E-state index >= 15 is 0 Å². The third kappa shape index (κ3) is 7.22. The minimum Gasteiger partial charge on any atom is -0.398 e. The van der Waals surface area contributed by atoms with Gasteiger partial charge in [-0.3, -0.25) is 9.59 Å². The van der Waals surface area contributed by atoms with E-state index in [4.69, 9.17) is 11.5 Å². The SMILES string of the molecule is NC(=O)Cc1cccc(C(=O)c2ccccc2)c1N.OC(Cn1cncn1)(Cn1cncn1)c1ccc(F)cc1F. The van der Waals surface area contributed by atoms with Gasteiger partial charge in [0.05, 0.1) is 19.5 Å². The molecule has 210 valence electrons. The van der Waals surface area contributed by atoms with Crippen LogP contribution in [-0.4, -0.2) is 46.3 Å². The second kappa shape index (κ2) is 12.7. The normalized spacial score (nSPS) is 11.0. The lowest BCUT2D eigenvalue weighted by Gasteiger charge is -2.28. The van der Waals surface area contributed by atoms with Gasteiger partial charge in [-0.2, -0.15) is 10.2 Å². The first-order chi connectivity index (χ1) is 19.7. The van der Waals surface area contributed by atoms with E-state index in [2.05, 4.69) is 20.2 Å². The van der Waals surface area contributed by atoms with Crippen LogP contribution in [-0.2, 0) is 29.9 Å². The zero-order valence-electron chi connectivity index (χ0n) is 21.6. The fraction of sp³-hybridized carbons (Fsp3) is 0.143. The largest absolute Gasteiger partial charge is 0.398 e. The van der Waals surface area contributed by atoms with Crippen LogP contribution < -0.4 is 11.5 Å². The summed E-state index contributed by atoms with van der Waals surface area (Å²) in [5.74, 6) is -2.20. The number of aliphatic hydroxyl groups is 1. The Balaban J connectivity index is 0.000000191. The van der Waals surface area contributed by atoms with E-state index in [0.29, 0.717) is 22.4 Å². The number of ketones is 1. The molecular formula is C28H26F2N8O3. The Bertz CT molecular complexity index is 1570. The van der Waals surface area contributed by atoms with Gasteiger partial charge >= 0.3 is 0 Å². The molecule has 1 amide bonds. The molecule has 0 saturated heterocycles. The van der Waals surface area contributed by atoms with Crippen molar-refractivity contribution in [2.75, 3.05) is 5.73 Å². The highest BCUT2D eigenvalue weighted by molar-refractivity contribution is 6.12. The van der Waals surface area contributed by atoms with Gasteiger partial charge in [0.25, 0.3) is 0 Å². The Labute approximate surface area is 233 Å². The van der Waals surface area contributed by atoms with Crippen LogP contribution in [0.15, 0.2) is 92.0 Å². The minimum atomic E-state index is -1.70. The van der Waals surface area contributed by atoms with Crippen LogP contribution >= 0.6 is 0 Å². The van der Waals surface area contributed by atoms with Crippen molar-refractivity contribution in [3.8, 4) is 0 Å². The molecule has 0 unspecified atom stereocenters. The molecule has 3 aromatic carbocycles. The Hall–Kier alpha value is -5.30. The molecule has 13 heteroatoms. The van der Waals surface area contributed by atoms with Crippen LogP contribution in [0.25, 0.3) is 0 Å². The monoisotopic (exact) mass is 560 g/mol. The third-order valence-corrected chi connectivity index (χ3v) is 6.05. The van der Waals surface area contributed by atoms with Crippen LogP contribution in [0.3, 0.4) is 0 Å². The van der Waals surface area contributed by atoms with Gasteiger partial charge in [0.15, 0.2) is 5.78 Å². The molecule has 5 N–H and O–H groups in total. The molecule has 5 rings (SSSR count). The predicted molar refractivity (Wildman–Crippen MR) is 144 cm³/mol. The smallest absolute Gasteiger partial charge is 0.221 e. The van der Waals surface area contributed by atoms with Crippen molar-refractivity contribution < 1.29 is 23.5 Å². The second-order valence-electron chi connectivity index (χ2n) is 9.06. The van der Waals surface area contributed by atoms with E-state index in [0.717, 1.165) is 12.1 Å². The molecule has 0 spiro atoms. The van der Waals surface area contributed by atoms with Crippen LogP contribution in [0.2, 0.25) is 0 Å². The van der Waals surface area contributed by atoms with Crippen molar-refractivity contribution in [3.05, 3.63) is 126 Å². The number of nitrogens with zero attached hydrogens (tertiary/aromatic N) is 6. The Kier molecular flexibility index (Phi) is 8.89. The molecule has 41 heavy (non-hydrogen) atoms. The lowest BCUT2D eigenvalue weighted by molar-refractivity contribution is -0.117. The highest BCUT2D eigenvalue weighted by atomic mass is 19.1. The summed E-state index contributed by atoms with van der Waals surface area (Å²) in [6.45, 7) is -0.148. The van der Waals surface area contributed by atoms with Crippen molar-refractivity contribution in [3.63, 3.8) is 0 Å². The molecule has 0 radical (unpaired) electrons. The molecule has 2 heterocycles. The maximum Gasteiger partial charge on any atom is 0.221 e. The number of primary amides is 1. The first-order valence-electron chi connectivity index (χ1n) is 12.2. The number of rotatable bonds is 9. The number of benzene rings is 3. The maximum atomic E-state index is 14.1. The molecular weight excluding hydrogens is 534 g/mol. The number of hydrogen-bond acceptors (Lipinski definition) is 8. The van der Waals surface area contributed by atoms with E-state index in [-0.39, 0.29) is 30.9 Å². The molecule has 0 fully saturated rings. The molecule has 5 aromatic rings. The number of carbonyl (C=O) groups excluding carboxylic acids is 2. The number of para-hydroxylation sites is 1. The summed E-state index contributed by atoms with van der Waals surface area (Å²) in [5.41, 5.74) is 11.2. The number of anilines is 1. The van der Waals surface area contributed by atoms with Gasteiger partial charge in [0.2, 0.25) is 5.91 Å². The standard InChI is InChI=1S/C15H14N2O2.C13H12F2N6O/c16-13(18)9-11-7-4-8-12(14(11)17)15(19)10-5-2-1-3-6-10;14-10-1-2-11(12(15)3-10)13(22,4-20-8-16-6-18-20)5-21-9-17-7-19-21/h1-8H,9,17H2,(H2,16,18);1-3,6-9,22H,4-5H2. The van der Waals surface area contributed by atoms with Gasteiger partial charge < -0.3 is 16.6 Å². The minimum absolute atomic E-state index is 0.0295. The van der Waals surface area contributed by atoms with Crippen molar-refractivity contribution in [1.29, 1.82) is 0 Å². The van der Waals surface area contributed by atoms with E-state index in [1.807, 2.05) is 6.07 Å². The van der Waals surface area contributed by atoms with E-state index in [1.54, 1.807) is 42.5 Å². The van der Waals surface area contributed by atoms with Crippen LogP contribution in [0.1, 0.15) is 27.0 Å². The predicted octanol–water partition coefficient (Wildman–Crippen LogP) is 2.26. The zero-order valence-corrected chi connectivity index (χ0v) is 21.6. The van der Waals surface area contributed by atoms with Gasteiger partial charge in [-0.15, -0.1) is 0 Å². The zero-order chi connectivity index (χ0) is 29.4. The molecule has 0 atom stereocenters. The number of halogens is 2. The summed E-state index contributed by atoms with van der Waals surface area (Å²) < 4.78 is 29.9. The molecule has 0 saturated carbocycles. The average molecular weight is 561 g/mol. The molecule has 2 aromatic heterocycles. The molecule has 0 aliphatic rings. The Morgan fingerprint density at radius 3 is 2.05 bits per heavy atom. The molecule has 0 aliphatic carbocycles. The van der Waals surface area contributed by atoms with Gasteiger partial charge in [-0.05, 0) is 17.7 Å². The fourth-order valence-corrected chi connectivity index (χ4v) is 4.15. The Morgan fingerprint density at radius 2 is 1.51 bits per heavy atom. The number of hydrogen-bond donors (Lipinski definition) is 3. The quantitative estimate of drug-likeness (QED) is 0.182. The lowest BCUT2D eigenvalue weighted by atomic mass is 9.93. The third-order valence-electron chi connectivity index (χ3n) is 6.05. The van der Waals surface area contributed by atoms with Gasteiger partial charge in [-0.1, -0.05) is 48.5 Å². The van der Waals surface area contributed by atoms with Crippen LogP contribution in [0.4, 0.5) is 14.5 Å². The Morgan fingerprint density at radius 1 is 0.878 bits per heavy atom. The van der Waals surface area contributed by atoms with Gasteiger partial charge in [0, 0.05) is 28.4 Å². The molecule has 0 bridgehead atoms. The summed E-state index contributed by atoms with van der Waals surface area (Å²) in [6, 6.07) is 16.9. The van der Waals surface area contributed by atoms with Gasteiger partial charge in [-0.25, -0.2) is 28.1 Å². The summed E-state index contributed by atoms with van der Waals surface area (Å²) in [5, 5.41) is 18.8. The maximum absolute atomic E-state index is 14.1. The average Bonchev–Trinajstić information content (AvgIpc) is 3.64. The summed E-state index contributed by atoms with van der Waals surface area (Å²) in [4.78, 5) is 30.8. The van der Waals surface area contributed by atoms with E-state index in [1.165, 1.54) is 40.7 Å². The van der Waals surface area contributed by atoms with Crippen molar-refractivity contribution in [2.45, 2.75) is 25.1 Å². The summed E-state index contributed by atoms with van der Waals surface area (Å²) in [6.07, 6.45) is 5.43. The van der Waals surface area contributed by atoms with Crippen molar-refractivity contribution in [2.24, 2.45) is 5.73 Å².